The van der Waals surface area contributed by atoms with Gasteiger partial charge < -0.3 is 23.7 Å². The third-order valence-electron chi connectivity index (χ3n) is 6.90. The largest absolute Gasteiger partial charge is 0.494 e. The minimum Gasteiger partial charge on any atom is -0.494 e. The number of halogens is 1. The van der Waals surface area contributed by atoms with Crippen LogP contribution in [0.4, 0.5) is 5.69 Å². The Hall–Kier alpha value is -3.69. The van der Waals surface area contributed by atoms with Gasteiger partial charge in [-0.25, -0.2) is 0 Å². The topological polar surface area (TPSA) is 92.5 Å². The molecule has 0 radical (unpaired) electrons. The molecule has 9 nitrogen and oxygen atoms in total. The average molecular weight is 559 g/mol. The van der Waals surface area contributed by atoms with Gasteiger partial charge in [-0.15, -0.1) is 12.4 Å². The first-order valence-corrected chi connectivity index (χ1v) is 12.5. The fourth-order valence-corrected chi connectivity index (χ4v) is 4.94. The molecule has 3 aromatic carbocycles. The molecule has 1 aliphatic heterocycles. The Bertz CT molecular complexity index is 1250. The number of rotatable bonds is 12. The number of benzene rings is 3. The number of nitro benzene ring substituents is 1. The first-order chi connectivity index (χ1) is 18.5. The highest BCUT2D eigenvalue weighted by Gasteiger charge is 2.29. The van der Waals surface area contributed by atoms with Crippen molar-refractivity contribution in [2.45, 2.75) is 25.3 Å². The number of methoxy groups -OCH3 is 4. The van der Waals surface area contributed by atoms with Crippen molar-refractivity contribution in [3.05, 3.63) is 81.4 Å². The van der Waals surface area contributed by atoms with E-state index in [9.17, 15) is 10.1 Å². The first kappa shape index (κ1) is 29.9. The van der Waals surface area contributed by atoms with Crippen molar-refractivity contribution in [1.82, 2.24) is 4.90 Å². The van der Waals surface area contributed by atoms with Crippen LogP contribution in [0.3, 0.4) is 0 Å². The van der Waals surface area contributed by atoms with Crippen molar-refractivity contribution in [3.63, 3.8) is 0 Å². The standard InChI is InChI=1S/C29H34N2O7.ClH/c1-34-26-11-6-20(17-27(26)35-2)16-25-24-19-29(37-4)28(36-3)18-21(24)12-14-30(25)13-5-15-38-23-9-7-22(8-10-23)31(32)33;/h6-11,17-19,25H,5,12-16H2,1-4H3;1H. The van der Waals surface area contributed by atoms with E-state index in [2.05, 4.69) is 23.1 Å². The van der Waals surface area contributed by atoms with E-state index >= 15 is 0 Å². The molecule has 0 fully saturated rings. The lowest BCUT2D eigenvalue weighted by Crippen LogP contribution is -2.37. The van der Waals surface area contributed by atoms with Gasteiger partial charge >= 0.3 is 0 Å². The molecule has 0 aliphatic carbocycles. The van der Waals surface area contributed by atoms with Crippen molar-refractivity contribution in [2.24, 2.45) is 0 Å². The van der Waals surface area contributed by atoms with Gasteiger partial charge in [-0.3, -0.25) is 15.0 Å². The molecule has 0 aromatic heterocycles. The summed E-state index contributed by atoms with van der Waals surface area (Å²) >= 11 is 0. The summed E-state index contributed by atoms with van der Waals surface area (Å²) in [5, 5.41) is 10.9. The quantitative estimate of drug-likeness (QED) is 0.160. The molecule has 210 valence electrons. The molecule has 39 heavy (non-hydrogen) atoms. The molecule has 0 bridgehead atoms. The second-order valence-corrected chi connectivity index (χ2v) is 9.05. The van der Waals surface area contributed by atoms with Gasteiger partial charge in [0.1, 0.15) is 5.75 Å². The molecule has 1 unspecified atom stereocenters. The molecule has 0 N–H and O–H groups in total. The van der Waals surface area contributed by atoms with Crippen LogP contribution in [-0.2, 0) is 12.8 Å². The van der Waals surface area contributed by atoms with Crippen LogP contribution in [0.2, 0.25) is 0 Å². The van der Waals surface area contributed by atoms with Gasteiger partial charge in [0.2, 0.25) is 0 Å². The zero-order chi connectivity index (χ0) is 27.1. The molecule has 1 heterocycles. The second-order valence-electron chi connectivity index (χ2n) is 9.05. The zero-order valence-electron chi connectivity index (χ0n) is 22.7. The zero-order valence-corrected chi connectivity index (χ0v) is 23.5. The number of fused-ring (bicyclic) bond motifs is 1. The third-order valence-corrected chi connectivity index (χ3v) is 6.90. The molecular weight excluding hydrogens is 524 g/mol. The van der Waals surface area contributed by atoms with Crippen LogP contribution in [0, 0.1) is 10.1 Å². The maximum absolute atomic E-state index is 10.9. The summed E-state index contributed by atoms with van der Waals surface area (Å²) in [5.74, 6) is 3.48. The molecule has 3 aromatic rings. The Balaban J connectivity index is 0.00000420. The molecule has 1 aliphatic rings. The molecule has 10 heteroatoms. The van der Waals surface area contributed by atoms with Crippen molar-refractivity contribution >= 4 is 18.1 Å². The predicted octanol–water partition coefficient (Wildman–Crippen LogP) is 5.66. The van der Waals surface area contributed by atoms with Gasteiger partial charge in [0, 0.05) is 31.3 Å². The minimum absolute atomic E-state index is 0. The SMILES string of the molecule is COc1ccc(CC2c3cc(OC)c(OC)cc3CCN2CCCOc2ccc([N+](=O)[O-])cc2)cc1OC.Cl. The van der Waals surface area contributed by atoms with E-state index in [1.807, 2.05) is 12.1 Å². The smallest absolute Gasteiger partial charge is 0.269 e. The normalized spacial score (nSPS) is 14.5. The highest BCUT2D eigenvalue weighted by molar-refractivity contribution is 5.85. The number of non-ortho nitro benzene ring substituents is 1. The highest BCUT2D eigenvalue weighted by atomic mass is 35.5. The Morgan fingerprint density at radius 2 is 1.51 bits per heavy atom. The monoisotopic (exact) mass is 558 g/mol. The molecule has 4 rings (SSSR count). The van der Waals surface area contributed by atoms with Gasteiger partial charge in [-0.1, -0.05) is 6.07 Å². The second kappa shape index (κ2) is 13.9. The maximum atomic E-state index is 10.9. The number of hydrogen-bond donors (Lipinski definition) is 0. The summed E-state index contributed by atoms with van der Waals surface area (Å²) in [7, 11) is 6.59. The lowest BCUT2D eigenvalue weighted by Gasteiger charge is -2.38. The number of ether oxygens (including phenoxy) is 5. The van der Waals surface area contributed by atoms with Crippen LogP contribution in [-0.4, -0.2) is 58.0 Å². The van der Waals surface area contributed by atoms with E-state index in [1.165, 1.54) is 23.3 Å². The summed E-state index contributed by atoms with van der Waals surface area (Å²) in [4.78, 5) is 12.9. The van der Waals surface area contributed by atoms with Crippen molar-refractivity contribution in [3.8, 4) is 28.7 Å². The predicted molar refractivity (Wildman–Crippen MR) is 151 cm³/mol. The van der Waals surface area contributed by atoms with Crippen LogP contribution in [0.25, 0.3) is 0 Å². The summed E-state index contributed by atoms with van der Waals surface area (Å²) in [6.45, 7) is 2.24. The number of hydrogen-bond acceptors (Lipinski definition) is 8. The van der Waals surface area contributed by atoms with Crippen LogP contribution in [0.1, 0.15) is 29.2 Å². The molecular formula is C29H35ClN2O7. The Kier molecular flexibility index (Phi) is 10.7. The maximum Gasteiger partial charge on any atom is 0.269 e. The number of nitrogens with zero attached hydrogens (tertiary/aromatic N) is 2. The van der Waals surface area contributed by atoms with E-state index < -0.39 is 4.92 Å². The van der Waals surface area contributed by atoms with E-state index in [0.29, 0.717) is 29.6 Å². The van der Waals surface area contributed by atoms with Crippen molar-refractivity contribution in [1.29, 1.82) is 0 Å². The summed E-state index contributed by atoms with van der Waals surface area (Å²) in [6.07, 6.45) is 2.50. The third kappa shape index (κ3) is 7.04. The fourth-order valence-electron chi connectivity index (χ4n) is 4.94. The Morgan fingerprint density at radius 3 is 2.15 bits per heavy atom. The summed E-state index contributed by atoms with van der Waals surface area (Å²) < 4.78 is 28.0. The van der Waals surface area contributed by atoms with Gasteiger partial charge in [0.05, 0.1) is 40.0 Å². The lowest BCUT2D eigenvalue weighted by molar-refractivity contribution is -0.384. The molecule has 0 amide bonds. The van der Waals surface area contributed by atoms with Crippen LogP contribution in [0.5, 0.6) is 28.7 Å². The van der Waals surface area contributed by atoms with Gasteiger partial charge in [0.25, 0.3) is 5.69 Å². The summed E-state index contributed by atoms with van der Waals surface area (Å²) in [6, 6.07) is 16.5. The van der Waals surface area contributed by atoms with E-state index in [4.69, 9.17) is 23.7 Å². The van der Waals surface area contributed by atoms with Crippen molar-refractivity contribution in [2.75, 3.05) is 48.1 Å². The van der Waals surface area contributed by atoms with Crippen LogP contribution < -0.4 is 23.7 Å². The van der Waals surface area contributed by atoms with Crippen LogP contribution >= 0.6 is 12.4 Å². The van der Waals surface area contributed by atoms with Crippen molar-refractivity contribution < 1.29 is 28.6 Å². The van der Waals surface area contributed by atoms with Crippen LogP contribution in [0.15, 0.2) is 54.6 Å². The lowest BCUT2D eigenvalue weighted by atomic mass is 9.88. The minimum atomic E-state index is -0.416. The van der Waals surface area contributed by atoms with E-state index in [0.717, 1.165) is 43.7 Å². The fraction of sp³-hybridized carbons (Fsp3) is 0.379. The van der Waals surface area contributed by atoms with Gasteiger partial charge in [-0.2, -0.15) is 0 Å². The summed E-state index contributed by atoms with van der Waals surface area (Å²) in [5.41, 5.74) is 3.67. The molecule has 1 atom stereocenters. The first-order valence-electron chi connectivity index (χ1n) is 12.5. The van der Waals surface area contributed by atoms with Gasteiger partial charge in [-0.05, 0) is 72.4 Å². The Labute approximate surface area is 235 Å². The van der Waals surface area contributed by atoms with Gasteiger partial charge in [0.15, 0.2) is 23.0 Å². The molecule has 0 saturated heterocycles. The molecule has 0 spiro atoms. The van der Waals surface area contributed by atoms with E-state index in [1.54, 1.807) is 40.6 Å². The average Bonchev–Trinajstić information content (AvgIpc) is 2.95. The highest BCUT2D eigenvalue weighted by Crippen LogP contribution is 2.40. The molecule has 0 saturated carbocycles. The number of nitro groups is 1. The van der Waals surface area contributed by atoms with E-state index in [-0.39, 0.29) is 24.1 Å². The Morgan fingerprint density at radius 1 is 0.872 bits per heavy atom.